The molecule has 0 aromatic heterocycles. The molecule has 2 rings (SSSR count). The molecule has 0 unspecified atom stereocenters. The van der Waals surface area contributed by atoms with Crippen LogP contribution in [0.3, 0.4) is 0 Å². The van der Waals surface area contributed by atoms with E-state index < -0.39 is 0 Å². The number of hydrogen-bond donors (Lipinski definition) is 0. The highest BCUT2D eigenvalue weighted by Gasteiger charge is 2.13. The maximum Gasteiger partial charge on any atom is 0.338 e. The molecule has 0 fully saturated rings. The van der Waals surface area contributed by atoms with Gasteiger partial charge in [-0.3, -0.25) is 0 Å². The Kier molecular flexibility index (Phi) is 5.07. The Morgan fingerprint density at radius 2 is 1.85 bits per heavy atom. The number of benzene rings is 2. The van der Waals surface area contributed by atoms with Crippen LogP contribution in [0.15, 0.2) is 53.4 Å². The minimum absolute atomic E-state index is 0.323. The summed E-state index contributed by atoms with van der Waals surface area (Å²) >= 11 is 1.67. The summed E-state index contributed by atoms with van der Waals surface area (Å²) in [5.74, 6) is 1.10. The fraction of sp³-hybridized carbons (Fsp3) is 0.188. The molecule has 0 saturated heterocycles. The zero-order valence-corrected chi connectivity index (χ0v) is 12.3. The summed E-state index contributed by atoms with van der Waals surface area (Å²) in [6, 6.07) is 15.4. The molecule has 104 valence electrons. The number of esters is 1. The molecule has 20 heavy (non-hydrogen) atoms. The second kappa shape index (κ2) is 7.01. The largest absolute Gasteiger partial charge is 0.497 e. The molecular formula is C16H16O3S. The molecule has 0 atom stereocenters. The van der Waals surface area contributed by atoms with E-state index in [4.69, 9.17) is 9.47 Å². The van der Waals surface area contributed by atoms with E-state index in [-0.39, 0.29) is 5.97 Å². The molecule has 0 radical (unpaired) electrons. The van der Waals surface area contributed by atoms with E-state index in [2.05, 4.69) is 0 Å². The Balaban J connectivity index is 2.21. The Morgan fingerprint density at radius 3 is 2.50 bits per heavy atom. The quantitative estimate of drug-likeness (QED) is 0.619. The fourth-order valence-electron chi connectivity index (χ4n) is 1.80. The second-order valence-corrected chi connectivity index (χ2v) is 5.17. The van der Waals surface area contributed by atoms with Crippen LogP contribution in [-0.4, -0.2) is 20.2 Å². The normalized spacial score (nSPS) is 10.1. The predicted octanol–water partition coefficient (Wildman–Crippen LogP) is 3.77. The number of carbonyl (C=O) groups excluding carboxylic acids is 1. The summed E-state index contributed by atoms with van der Waals surface area (Å²) < 4.78 is 10.0. The topological polar surface area (TPSA) is 35.5 Å². The third-order valence-electron chi connectivity index (χ3n) is 2.86. The first-order valence-electron chi connectivity index (χ1n) is 6.17. The van der Waals surface area contributed by atoms with E-state index >= 15 is 0 Å². The van der Waals surface area contributed by atoms with Crippen molar-refractivity contribution in [2.45, 2.75) is 10.6 Å². The lowest BCUT2D eigenvalue weighted by molar-refractivity contribution is 0.0600. The Bertz CT molecular complexity index is 582. The van der Waals surface area contributed by atoms with Crippen LogP contribution in [0.2, 0.25) is 0 Å². The van der Waals surface area contributed by atoms with E-state index in [9.17, 15) is 4.79 Å². The third-order valence-corrected chi connectivity index (χ3v) is 3.92. The molecule has 0 aliphatic heterocycles. The van der Waals surface area contributed by atoms with Crippen LogP contribution in [0.5, 0.6) is 5.75 Å². The smallest absolute Gasteiger partial charge is 0.338 e. The van der Waals surface area contributed by atoms with Crippen LogP contribution in [-0.2, 0) is 10.5 Å². The van der Waals surface area contributed by atoms with Gasteiger partial charge in [0.2, 0.25) is 0 Å². The van der Waals surface area contributed by atoms with Crippen LogP contribution in [0.4, 0.5) is 0 Å². The van der Waals surface area contributed by atoms with Gasteiger partial charge in [0.25, 0.3) is 0 Å². The average Bonchev–Trinajstić information content (AvgIpc) is 2.52. The van der Waals surface area contributed by atoms with Gasteiger partial charge in [-0.2, -0.15) is 0 Å². The SMILES string of the molecule is COC(=O)c1ccc(OC)cc1CSc1ccccc1. The molecule has 0 heterocycles. The number of thioether (sulfide) groups is 1. The summed E-state index contributed by atoms with van der Waals surface area (Å²) in [4.78, 5) is 12.9. The molecule has 0 N–H and O–H groups in total. The molecule has 0 bridgehead atoms. The molecule has 2 aromatic carbocycles. The van der Waals surface area contributed by atoms with E-state index in [1.54, 1.807) is 31.0 Å². The molecule has 2 aromatic rings. The Labute approximate surface area is 122 Å². The number of rotatable bonds is 5. The number of methoxy groups -OCH3 is 2. The van der Waals surface area contributed by atoms with Gasteiger partial charge >= 0.3 is 5.97 Å². The standard InChI is InChI=1S/C16H16O3S/c1-18-13-8-9-15(16(17)19-2)12(10-13)11-20-14-6-4-3-5-7-14/h3-10H,11H2,1-2H3. The van der Waals surface area contributed by atoms with Crippen LogP contribution < -0.4 is 4.74 Å². The Hall–Kier alpha value is -1.94. The zero-order chi connectivity index (χ0) is 14.4. The highest BCUT2D eigenvalue weighted by Crippen LogP contribution is 2.27. The molecule has 3 nitrogen and oxygen atoms in total. The van der Waals surface area contributed by atoms with Crippen LogP contribution in [0, 0.1) is 0 Å². The van der Waals surface area contributed by atoms with Gasteiger partial charge in [-0.25, -0.2) is 4.79 Å². The van der Waals surface area contributed by atoms with Crippen molar-refractivity contribution in [3.05, 3.63) is 59.7 Å². The third kappa shape index (κ3) is 3.54. The average molecular weight is 288 g/mol. The van der Waals surface area contributed by atoms with Crippen molar-refractivity contribution in [2.75, 3.05) is 14.2 Å². The molecular weight excluding hydrogens is 272 g/mol. The first kappa shape index (κ1) is 14.5. The monoisotopic (exact) mass is 288 g/mol. The van der Waals surface area contributed by atoms with Gasteiger partial charge in [0.15, 0.2) is 0 Å². The first-order valence-corrected chi connectivity index (χ1v) is 7.16. The molecule has 0 amide bonds. The van der Waals surface area contributed by atoms with E-state index in [1.165, 1.54) is 7.11 Å². The van der Waals surface area contributed by atoms with Gasteiger partial charge in [-0.15, -0.1) is 11.8 Å². The van der Waals surface area contributed by atoms with Crippen molar-refractivity contribution >= 4 is 17.7 Å². The van der Waals surface area contributed by atoms with Crippen molar-refractivity contribution in [3.63, 3.8) is 0 Å². The first-order chi connectivity index (χ1) is 9.74. The van der Waals surface area contributed by atoms with Crippen molar-refractivity contribution in [3.8, 4) is 5.75 Å². The molecule has 0 spiro atoms. The lowest BCUT2D eigenvalue weighted by Crippen LogP contribution is -2.05. The summed E-state index contributed by atoms with van der Waals surface area (Å²) in [7, 11) is 3.00. The zero-order valence-electron chi connectivity index (χ0n) is 11.5. The van der Waals surface area contributed by atoms with Crippen LogP contribution in [0.1, 0.15) is 15.9 Å². The molecule has 0 aliphatic carbocycles. The van der Waals surface area contributed by atoms with E-state index in [0.29, 0.717) is 11.3 Å². The van der Waals surface area contributed by atoms with Crippen molar-refractivity contribution < 1.29 is 14.3 Å². The summed E-state index contributed by atoms with van der Waals surface area (Å²) in [6.45, 7) is 0. The maximum absolute atomic E-state index is 11.8. The van der Waals surface area contributed by atoms with Gasteiger partial charge in [0, 0.05) is 10.6 Å². The van der Waals surface area contributed by atoms with Crippen molar-refractivity contribution in [1.82, 2.24) is 0 Å². The lowest BCUT2D eigenvalue weighted by atomic mass is 10.1. The summed E-state index contributed by atoms with van der Waals surface area (Å²) in [6.07, 6.45) is 0. The van der Waals surface area contributed by atoms with Gasteiger partial charge in [0.1, 0.15) is 5.75 Å². The van der Waals surface area contributed by atoms with Gasteiger partial charge in [-0.1, -0.05) is 18.2 Å². The minimum atomic E-state index is -0.323. The summed E-state index contributed by atoms with van der Waals surface area (Å²) in [5, 5.41) is 0. The van der Waals surface area contributed by atoms with Gasteiger partial charge in [-0.05, 0) is 35.9 Å². The van der Waals surface area contributed by atoms with Gasteiger partial charge < -0.3 is 9.47 Å². The highest BCUT2D eigenvalue weighted by atomic mass is 32.2. The van der Waals surface area contributed by atoms with Crippen LogP contribution >= 0.6 is 11.8 Å². The number of hydrogen-bond acceptors (Lipinski definition) is 4. The number of carbonyl (C=O) groups is 1. The predicted molar refractivity (Wildman–Crippen MR) is 80.3 cm³/mol. The summed E-state index contributed by atoms with van der Waals surface area (Å²) in [5.41, 5.74) is 1.49. The maximum atomic E-state index is 11.8. The molecule has 4 heteroatoms. The van der Waals surface area contributed by atoms with Crippen molar-refractivity contribution in [1.29, 1.82) is 0 Å². The Morgan fingerprint density at radius 1 is 1.10 bits per heavy atom. The lowest BCUT2D eigenvalue weighted by Gasteiger charge is -2.10. The van der Waals surface area contributed by atoms with E-state index in [1.807, 2.05) is 36.4 Å². The molecule has 0 saturated carbocycles. The van der Waals surface area contributed by atoms with Crippen LogP contribution in [0.25, 0.3) is 0 Å². The fourth-order valence-corrected chi connectivity index (χ4v) is 2.71. The highest BCUT2D eigenvalue weighted by molar-refractivity contribution is 7.98. The second-order valence-electron chi connectivity index (χ2n) is 4.12. The molecule has 0 aliphatic rings. The van der Waals surface area contributed by atoms with Gasteiger partial charge in [0.05, 0.1) is 19.8 Å². The van der Waals surface area contributed by atoms with Crippen molar-refractivity contribution in [2.24, 2.45) is 0 Å². The minimum Gasteiger partial charge on any atom is -0.497 e. The van der Waals surface area contributed by atoms with E-state index in [0.717, 1.165) is 16.2 Å². The number of ether oxygens (including phenoxy) is 2.